The van der Waals surface area contributed by atoms with Gasteiger partial charge in [-0.2, -0.15) is 18.4 Å². The summed E-state index contributed by atoms with van der Waals surface area (Å²) < 4.78 is 43.9. The number of aromatic amines is 1. The molecule has 0 aliphatic rings. The highest BCUT2D eigenvalue weighted by molar-refractivity contribution is 7.98. The summed E-state index contributed by atoms with van der Waals surface area (Å²) >= 11 is 1.24. The minimum Gasteiger partial charge on any atom is -0.489 e. The van der Waals surface area contributed by atoms with Crippen LogP contribution in [0.15, 0.2) is 58.5 Å². The molecule has 0 spiro atoms. The minimum absolute atomic E-state index is 0.0351. The van der Waals surface area contributed by atoms with E-state index in [0.717, 1.165) is 12.1 Å². The highest BCUT2D eigenvalue weighted by Crippen LogP contribution is 2.30. The molecule has 2 aromatic carbocycles. The standard InChI is InChI=1S/C20H14F3N3O2S/c1-29-19-25-17(16(10-24)18(27)26-19)13-5-7-15(8-6-13)28-11-12-3-2-4-14(9-12)20(21,22)23/h2-9H,11H2,1H3,(H,25,26,27). The van der Waals surface area contributed by atoms with Crippen molar-refractivity contribution in [3.05, 3.63) is 75.6 Å². The summed E-state index contributed by atoms with van der Waals surface area (Å²) in [6.07, 6.45) is -2.66. The maximum atomic E-state index is 12.8. The lowest BCUT2D eigenvalue weighted by Crippen LogP contribution is -2.14. The first-order valence-corrected chi connectivity index (χ1v) is 9.52. The first kappa shape index (κ1) is 20.5. The number of thioether (sulfide) groups is 1. The number of H-pyrrole nitrogens is 1. The second-order valence-electron chi connectivity index (χ2n) is 5.92. The molecule has 0 saturated heterocycles. The fraction of sp³-hybridized carbons (Fsp3) is 0.150. The van der Waals surface area contributed by atoms with Crippen molar-refractivity contribution in [3.8, 4) is 23.1 Å². The number of aromatic nitrogens is 2. The Morgan fingerprint density at radius 1 is 1.21 bits per heavy atom. The monoisotopic (exact) mass is 417 g/mol. The van der Waals surface area contributed by atoms with Gasteiger partial charge in [-0.25, -0.2) is 4.98 Å². The summed E-state index contributed by atoms with van der Waals surface area (Å²) in [5.74, 6) is 0.430. The average molecular weight is 417 g/mol. The van der Waals surface area contributed by atoms with Crippen molar-refractivity contribution >= 4 is 11.8 Å². The topological polar surface area (TPSA) is 78.8 Å². The molecule has 5 nitrogen and oxygen atoms in total. The Morgan fingerprint density at radius 2 is 1.93 bits per heavy atom. The molecule has 1 N–H and O–H groups in total. The van der Waals surface area contributed by atoms with Gasteiger partial charge in [0, 0.05) is 5.56 Å². The number of hydrogen-bond acceptors (Lipinski definition) is 5. The number of nitriles is 1. The summed E-state index contributed by atoms with van der Waals surface area (Å²) in [6, 6.07) is 13.2. The first-order valence-electron chi connectivity index (χ1n) is 8.29. The van der Waals surface area contributed by atoms with Crippen molar-refractivity contribution in [1.82, 2.24) is 9.97 Å². The number of alkyl halides is 3. The summed E-state index contributed by atoms with van der Waals surface area (Å²) in [5.41, 5.74) is -0.161. The lowest BCUT2D eigenvalue weighted by molar-refractivity contribution is -0.137. The van der Waals surface area contributed by atoms with Crippen LogP contribution >= 0.6 is 11.8 Å². The molecule has 0 fully saturated rings. The zero-order chi connectivity index (χ0) is 21.0. The molecule has 0 aliphatic heterocycles. The molecular weight excluding hydrogens is 403 g/mol. The van der Waals surface area contributed by atoms with Crippen LogP contribution < -0.4 is 10.3 Å². The Bertz CT molecular complexity index is 1120. The van der Waals surface area contributed by atoms with Crippen molar-refractivity contribution in [2.75, 3.05) is 6.26 Å². The van der Waals surface area contributed by atoms with Crippen LogP contribution in [0.4, 0.5) is 13.2 Å². The summed E-state index contributed by atoms with van der Waals surface area (Å²) in [6.45, 7) is -0.0351. The molecular formula is C20H14F3N3O2S. The van der Waals surface area contributed by atoms with Gasteiger partial charge in [-0.3, -0.25) is 4.79 Å². The third kappa shape index (κ3) is 4.78. The maximum absolute atomic E-state index is 12.8. The van der Waals surface area contributed by atoms with E-state index in [-0.39, 0.29) is 17.9 Å². The van der Waals surface area contributed by atoms with Crippen LogP contribution in [0.5, 0.6) is 5.75 Å². The Kier molecular flexibility index (Phi) is 5.94. The van der Waals surface area contributed by atoms with Gasteiger partial charge in [-0.1, -0.05) is 23.9 Å². The summed E-state index contributed by atoms with van der Waals surface area (Å²) in [4.78, 5) is 18.8. The molecule has 148 valence electrons. The second kappa shape index (κ2) is 8.41. The number of hydrogen-bond donors (Lipinski definition) is 1. The maximum Gasteiger partial charge on any atom is 0.416 e. The van der Waals surface area contributed by atoms with E-state index in [9.17, 15) is 23.2 Å². The third-order valence-electron chi connectivity index (χ3n) is 3.99. The predicted octanol–water partition coefficient (Wildman–Crippen LogP) is 4.63. The average Bonchev–Trinajstić information content (AvgIpc) is 2.71. The summed E-state index contributed by atoms with van der Waals surface area (Å²) in [7, 11) is 0. The number of ether oxygens (including phenoxy) is 1. The van der Waals surface area contributed by atoms with E-state index in [4.69, 9.17) is 4.74 Å². The first-order chi connectivity index (χ1) is 13.8. The van der Waals surface area contributed by atoms with E-state index in [1.807, 2.05) is 6.07 Å². The number of halogens is 3. The van der Waals surface area contributed by atoms with E-state index >= 15 is 0 Å². The Labute approximate surface area is 168 Å². The SMILES string of the molecule is CSc1nc(-c2ccc(OCc3cccc(C(F)(F)F)c3)cc2)c(C#N)c(=O)[nH]1. The molecule has 9 heteroatoms. The van der Waals surface area contributed by atoms with Crippen LogP contribution in [0, 0.1) is 11.3 Å². The van der Waals surface area contributed by atoms with Gasteiger partial charge < -0.3 is 9.72 Å². The van der Waals surface area contributed by atoms with Crippen LogP contribution in [-0.2, 0) is 12.8 Å². The zero-order valence-corrected chi connectivity index (χ0v) is 15.9. The molecule has 1 aromatic heterocycles. The van der Waals surface area contributed by atoms with Gasteiger partial charge >= 0.3 is 6.18 Å². The van der Waals surface area contributed by atoms with Crippen LogP contribution in [0.3, 0.4) is 0 Å². The van der Waals surface area contributed by atoms with Crippen LogP contribution in [0.25, 0.3) is 11.3 Å². The Hall–Kier alpha value is -3.25. The second-order valence-corrected chi connectivity index (χ2v) is 6.72. The van der Waals surface area contributed by atoms with E-state index in [1.165, 1.54) is 17.8 Å². The third-order valence-corrected chi connectivity index (χ3v) is 4.57. The number of nitrogens with zero attached hydrogens (tertiary/aromatic N) is 2. The van der Waals surface area contributed by atoms with Crippen molar-refractivity contribution in [3.63, 3.8) is 0 Å². The van der Waals surface area contributed by atoms with Gasteiger partial charge in [0.05, 0.1) is 11.3 Å². The van der Waals surface area contributed by atoms with Gasteiger partial charge in [-0.05, 0) is 48.2 Å². The molecule has 1 heterocycles. The smallest absolute Gasteiger partial charge is 0.416 e. The highest BCUT2D eigenvalue weighted by atomic mass is 32.2. The molecule has 3 aromatic rings. The fourth-order valence-electron chi connectivity index (χ4n) is 2.57. The van der Waals surface area contributed by atoms with E-state index in [1.54, 1.807) is 36.6 Å². The van der Waals surface area contributed by atoms with E-state index < -0.39 is 17.3 Å². The molecule has 0 atom stereocenters. The lowest BCUT2D eigenvalue weighted by Gasteiger charge is -2.11. The molecule has 0 amide bonds. The van der Waals surface area contributed by atoms with Gasteiger partial charge in [-0.15, -0.1) is 0 Å². The van der Waals surface area contributed by atoms with Gasteiger partial charge in [0.2, 0.25) is 0 Å². The Balaban J connectivity index is 1.79. The minimum atomic E-state index is -4.41. The van der Waals surface area contributed by atoms with Crippen LogP contribution in [-0.4, -0.2) is 16.2 Å². The van der Waals surface area contributed by atoms with Gasteiger partial charge in [0.15, 0.2) is 5.16 Å². The normalized spacial score (nSPS) is 11.1. The molecule has 0 bridgehead atoms. The molecule has 0 saturated carbocycles. The predicted molar refractivity (Wildman–Crippen MR) is 103 cm³/mol. The molecule has 29 heavy (non-hydrogen) atoms. The number of nitrogens with one attached hydrogen (secondary N) is 1. The van der Waals surface area contributed by atoms with Crippen molar-refractivity contribution in [1.29, 1.82) is 5.26 Å². The highest BCUT2D eigenvalue weighted by Gasteiger charge is 2.30. The van der Waals surface area contributed by atoms with Gasteiger partial charge in [0.25, 0.3) is 5.56 Å². The lowest BCUT2D eigenvalue weighted by atomic mass is 10.1. The molecule has 0 aliphatic carbocycles. The Morgan fingerprint density at radius 3 is 2.55 bits per heavy atom. The largest absolute Gasteiger partial charge is 0.489 e. The molecule has 3 rings (SSSR count). The van der Waals surface area contributed by atoms with Crippen LogP contribution in [0.1, 0.15) is 16.7 Å². The molecule has 0 radical (unpaired) electrons. The van der Waals surface area contributed by atoms with Crippen LogP contribution in [0.2, 0.25) is 0 Å². The van der Waals surface area contributed by atoms with Crippen molar-refractivity contribution in [2.24, 2.45) is 0 Å². The van der Waals surface area contributed by atoms with Gasteiger partial charge in [0.1, 0.15) is 24.0 Å². The van der Waals surface area contributed by atoms with Crippen molar-refractivity contribution in [2.45, 2.75) is 17.9 Å². The van der Waals surface area contributed by atoms with E-state index in [2.05, 4.69) is 9.97 Å². The van der Waals surface area contributed by atoms with E-state index in [0.29, 0.717) is 22.0 Å². The fourth-order valence-corrected chi connectivity index (χ4v) is 2.95. The zero-order valence-electron chi connectivity index (χ0n) is 15.1. The molecule has 0 unspecified atom stereocenters. The van der Waals surface area contributed by atoms with Crippen molar-refractivity contribution < 1.29 is 17.9 Å². The summed E-state index contributed by atoms with van der Waals surface area (Å²) in [5, 5.41) is 9.63. The number of benzene rings is 2. The quantitative estimate of drug-likeness (QED) is 0.484. The number of rotatable bonds is 5.